The predicted octanol–water partition coefficient (Wildman–Crippen LogP) is 9.50. The van der Waals surface area contributed by atoms with E-state index in [1.807, 2.05) is 18.3 Å². The Hall–Kier alpha value is -4.04. The van der Waals surface area contributed by atoms with Crippen LogP contribution < -0.4 is 0 Å². The molecule has 186 valence electrons. The number of nitrogens with zero attached hydrogens (tertiary/aromatic N) is 1. The van der Waals surface area contributed by atoms with E-state index in [2.05, 4.69) is 107 Å². The zero-order chi connectivity index (χ0) is 26.2. The van der Waals surface area contributed by atoms with E-state index in [1.165, 1.54) is 33.4 Å². The summed E-state index contributed by atoms with van der Waals surface area (Å²) in [4.78, 5) is 4.71. The third kappa shape index (κ3) is 3.13. The minimum absolute atomic E-state index is 0.0622. The Morgan fingerprint density at radius 1 is 0.553 bits per heavy atom. The fourth-order valence-electron chi connectivity index (χ4n) is 6.77. The van der Waals surface area contributed by atoms with Gasteiger partial charge >= 0.3 is 0 Å². The van der Waals surface area contributed by atoms with Crippen molar-refractivity contribution in [3.63, 3.8) is 0 Å². The molecule has 0 N–H and O–H groups in total. The molecule has 0 saturated heterocycles. The van der Waals surface area contributed by atoms with Crippen molar-refractivity contribution in [1.82, 2.24) is 4.98 Å². The molecule has 0 fully saturated rings. The maximum atomic E-state index is 14.5. The van der Waals surface area contributed by atoms with Gasteiger partial charge in [0.25, 0.3) is 0 Å². The van der Waals surface area contributed by atoms with Gasteiger partial charge in [-0.1, -0.05) is 94.4 Å². The molecule has 0 atom stereocenters. The lowest BCUT2D eigenvalue weighted by atomic mass is 9.81. The first-order chi connectivity index (χ1) is 18.3. The molecule has 2 heteroatoms. The van der Waals surface area contributed by atoms with Crippen LogP contribution in [0.4, 0.5) is 4.39 Å². The van der Waals surface area contributed by atoms with Gasteiger partial charge in [0.15, 0.2) is 0 Å². The third-order valence-corrected chi connectivity index (χ3v) is 8.91. The second kappa shape index (κ2) is 7.98. The molecule has 1 nitrogen and oxygen atoms in total. The van der Waals surface area contributed by atoms with Gasteiger partial charge in [-0.3, -0.25) is 4.98 Å². The Kier molecular flexibility index (Phi) is 4.85. The molecule has 1 heterocycles. The van der Waals surface area contributed by atoms with Crippen molar-refractivity contribution in [3.05, 3.63) is 125 Å². The second-order valence-electron chi connectivity index (χ2n) is 11.7. The largest absolute Gasteiger partial charge is 0.256 e. The first-order valence-electron chi connectivity index (χ1n) is 13.3. The quantitative estimate of drug-likeness (QED) is 0.243. The average molecular weight is 496 g/mol. The monoisotopic (exact) mass is 495 g/mol. The molecule has 7 rings (SSSR count). The number of benzene rings is 4. The van der Waals surface area contributed by atoms with Crippen LogP contribution in [0.5, 0.6) is 0 Å². The molecular weight excluding hydrogens is 465 g/mol. The predicted molar refractivity (Wildman–Crippen MR) is 155 cm³/mol. The molecule has 5 aromatic rings. The van der Waals surface area contributed by atoms with E-state index in [0.717, 1.165) is 33.5 Å². The minimum atomic E-state index is -0.511. The van der Waals surface area contributed by atoms with E-state index in [-0.39, 0.29) is 10.8 Å². The SMILES string of the molecule is CC1(C)c2ccccc2-c2ccc(-c3ccc(-c4ccc5c(c4)-c4ncccc4C5(C)C)c(CF)c3)cc21. The molecule has 4 aromatic carbocycles. The van der Waals surface area contributed by atoms with Crippen LogP contribution in [0.15, 0.2) is 97.2 Å². The van der Waals surface area contributed by atoms with Crippen LogP contribution in [-0.2, 0) is 17.5 Å². The van der Waals surface area contributed by atoms with E-state index in [4.69, 9.17) is 4.98 Å². The lowest BCUT2D eigenvalue weighted by Crippen LogP contribution is -2.14. The number of fused-ring (bicyclic) bond motifs is 6. The van der Waals surface area contributed by atoms with Gasteiger partial charge in [-0.15, -0.1) is 0 Å². The molecule has 0 spiro atoms. The molecule has 1 aromatic heterocycles. The number of halogens is 1. The maximum Gasteiger partial charge on any atom is 0.115 e. The Morgan fingerprint density at radius 2 is 1.18 bits per heavy atom. The lowest BCUT2D eigenvalue weighted by molar-refractivity contribution is 0.486. The van der Waals surface area contributed by atoms with Crippen LogP contribution in [0.1, 0.15) is 55.5 Å². The smallest absolute Gasteiger partial charge is 0.115 e. The number of hydrogen-bond donors (Lipinski definition) is 0. The number of hydrogen-bond acceptors (Lipinski definition) is 1. The summed E-state index contributed by atoms with van der Waals surface area (Å²) in [5.41, 5.74) is 14.7. The van der Waals surface area contributed by atoms with Crippen LogP contribution in [0, 0.1) is 0 Å². The van der Waals surface area contributed by atoms with Gasteiger partial charge in [-0.05, 0) is 85.5 Å². The molecule has 2 aliphatic carbocycles. The zero-order valence-electron chi connectivity index (χ0n) is 22.3. The summed E-state index contributed by atoms with van der Waals surface area (Å²) in [5, 5.41) is 0. The summed E-state index contributed by atoms with van der Waals surface area (Å²) in [6, 6.07) is 32.3. The van der Waals surface area contributed by atoms with Crippen LogP contribution in [-0.4, -0.2) is 4.98 Å². The number of alkyl halides is 1. The topological polar surface area (TPSA) is 12.9 Å². The maximum absolute atomic E-state index is 14.5. The van der Waals surface area contributed by atoms with Gasteiger partial charge in [0.05, 0.1) is 5.69 Å². The first-order valence-corrected chi connectivity index (χ1v) is 13.3. The fourth-order valence-corrected chi connectivity index (χ4v) is 6.77. The van der Waals surface area contributed by atoms with Crippen molar-refractivity contribution in [1.29, 1.82) is 0 Å². The normalized spacial score (nSPS) is 15.5. The molecule has 0 radical (unpaired) electrons. The highest BCUT2D eigenvalue weighted by Crippen LogP contribution is 2.50. The van der Waals surface area contributed by atoms with Crippen molar-refractivity contribution >= 4 is 0 Å². The average Bonchev–Trinajstić information content (AvgIpc) is 3.32. The van der Waals surface area contributed by atoms with Crippen LogP contribution in [0.2, 0.25) is 0 Å². The molecule has 0 unspecified atom stereocenters. The third-order valence-electron chi connectivity index (χ3n) is 8.91. The van der Waals surface area contributed by atoms with Crippen LogP contribution in [0.25, 0.3) is 44.6 Å². The molecule has 0 aliphatic heterocycles. The Bertz CT molecular complexity index is 1760. The van der Waals surface area contributed by atoms with Gasteiger partial charge in [0, 0.05) is 22.6 Å². The number of pyridine rings is 1. The van der Waals surface area contributed by atoms with Crippen LogP contribution in [0.3, 0.4) is 0 Å². The molecular formula is C36H30FN. The second-order valence-corrected chi connectivity index (χ2v) is 11.7. The fraction of sp³-hybridized carbons (Fsp3) is 0.194. The molecule has 0 bridgehead atoms. The van der Waals surface area contributed by atoms with E-state index < -0.39 is 6.67 Å². The highest BCUT2D eigenvalue weighted by Gasteiger charge is 2.37. The summed E-state index contributed by atoms with van der Waals surface area (Å²) >= 11 is 0. The van der Waals surface area contributed by atoms with Crippen molar-refractivity contribution < 1.29 is 4.39 Å². The highest BCUT2D eigenvalue weighted by molar-refractivity contribution is 5.86. The van der Waals surface area contributed by atoms with Crippen molar-refractivity contribution in [2.75, 3.05) is 0 Å². The van der Waals surface area contributed by atoms with Gasteiger partial charge in [0.2, 0.25) is 0 Å². The lowest BCUT2D eigenvalue weighted by Gasteiger charge is -2.22. The van der Waals surface area contributed by atoms with E-state index in [0.29, 0.717) is 5.56 Å². The molecule has 38 heavy (non-hydrogen) atoms. The van der Waals surface area contributed by atoms with Gasteiger partial charge in [-0.2, -0.15) is 0 Å². The summed E-state index contributed by atoms with van der Waals surface area (Å²) < 4.78 is 14.5. The number of aromatic nitrogens is 1. The summed E-state index contributed by atoms with van der Waals surface area (Å²) in [7, 11) is 0. The van der Waals surface area contributed by atoms with Gasteiger partial charge < -0.3 is 0 Å². The summed E-state index contributed by atoms with van der Waals surface area (Å²) in [5.74, 6) is 0. The zero-order valence-corrected chi connectivity index (χ0v) is 22.3. The Morgan fingerprint density at radius 3 is 2.00 bits per heavy atom. The van der Waals surface area contributed by atoms with Gasteiger partial charge in [-0.25, -0.2) is 4.39 Å². The molecule has 0 amide bonds. The number of rotatable bonds is 3. The van der Waals surface area contributed by atoms with E-state index >= 15 is 0 Å². The minimum Gasteiger partial charge on any atom is -0.256 e. The summed E-state index contributed by atoms with van der Waals surface area (Å²) in [6.07, 6.45) is 1.86. The Labute approximate surface area is 224 Å². The van der Waals surface area contributed by atoms with Gasteiger partial charge in [0.1, 0.15) is 6.67 Å². The first kappa shape index (κ1) is 23.1. The molecule has 2 aliphatic rings. The highest BCUT2D eigenvalue weighted by atomic mass is 19.1. The van der Waals surface area contributed by atoms with Crippen molar-refractivity contribution in [2.24, 2.45) is 0 Å². The van der Waals surface area contributed by atoms with E-state index in [9.17, 15) is 4.39 Å². The van der Waals surface area contributed by atoms with Crippen molar-refractivity contribution in [3.8, 4) is 44.6 Å². The van der Waals surface area contributed by atoms with Crippen LogP contribution >= 0.6 is 0 Å². The Balaban J connectivity index is 1.30. The standard InChI is InChI=1S/C36H30FN/c1-35(2)31-16-13-24(19-29(31)34-32(35)10-7-17-38-34)26-14-11-22(18-25(26)21-37)23-12-15-28-27-8-5-6-9-30(27)36(3,4)33(28)20-23/h5-20H,21H2,1-4H3. The summed E-state index contributed by atoms with van der Waals surface area (Å²) in [6.45, 7) is 8.57. The van der Waals surface area contributed by atoms with E-state index in [1.54, 1.807) is 0 Å². The van der Waals surface area contributed by atoms with Crippen molar-refractivity contribution in [2.45, 2.75) is 45.2 Å². The molecule has 0 saturated carbocycles.